The molecule has 1 aromatic heterocycles. The lowest BCUT2D eigenvalue weighted by Crippen LogP contribution is -2.34. The first-order valence-corrected chi connectivity index (χ1v) is 5.41. The maximum absolute atomic E-state index is 12.0. The second-order valence-electron chi connectivity index (χ2n) is 3.94. The van der Waals surface area contributed by atoms with E-state index in [4.69, 9.17) is 4.42 Å². The molecule has 1 aromatic rings. The van der Waals surface area contributed by atoms with Crippen LogP contribution in [0.2, 0.25) is 0 Å². The lowest BCUT2D eigenvalue weighted by atomic mass is 10.2. The number of allylic oxidation sites excluding steroid dienone is 1. The Kier molecular flexibility index (Phi) is 4.28. The fourth-order valence-electron chi connectivity index (χ4n) is 1.25. The number of nitrogens with zero attached hydrogens (tertiary/aromatic N) is 2. The highest BCUT2D eigenvalue weighted by molar-refractivity contribution is 5.92. The lowest BCUT2D eigenvalue weighted by molar-refractivity contribution is -0.121. The molecule has 0 N–H and O–H groups in total. The Morgan fingerprint density at radius 3 is 2.75 bits per heavy atom. The van der Waals surface area contributed by atoms with Crippen LogP contribution in [0, 0.1) is 12.8 Å². The minimum Gasteiger partial charge on any atom is -0.431 e. The number of carbonyl (C=O) groups excluding carboxylic acids is 1. The molecule has 0 fully saturated rings. The molecule has 0 bridgehead atoms. The molecule has 16 heavy (non-hydrogen) atoms. The Morgan fingerprint density at radius 2 is 2.31 bits per heavy atom. The van der Waals surface area contributed by atoms with Gasteiger partial charge < -0.3 is 4.42 Å². The zero-order valence-corrected chi connectivity index (χ0v) is 10.2. The number of hydrogen-bond acceptors (Lipinski definition) is 3. The van der Waals surface area contributed by atoms with Crippen molar-refractivity contribution in [2.24, 2.45) is 5.92 Å². The van der Waals surface area contributed by atoms with Crippen LogP contribution in [0.15, 0.2) is 22.8 Å². The summed E-state index contributed by atoms with van der Waals surface area (Å²) in [5, 5.41) is 0. The molecule has 0 aromatic carbocycles. The van der Waals surface area contributed by atoms with Crippen molar-refractivity contribution in [1.29, 1.82) is 0 Å². The summed E-state index contributed by atoms with van der Waals surface area (Å²) in [5.74, 6) is -0.0580. The fourth-order valence-corrected chi connectivity index (χ4v) is 1.25. The van der Waals surface area contributed by atoms with E-state index in [9.17, 15) is 4.79 Å². The number of rotatable bonds is 4. The molecule has 0 atom stereocenters. The average Bonchev–Trinajstić information content (AvgIpc) is 2.65. The summed E-state index contributed by atoms with van der Waals surface area (Å²) in [6, 6.07) is 0.370. The maximum atomic E-state index is 12.0. The average molecular weight is 222 g/mol. The van der Waals surface area contributed by atoms with Gasteiger partial charge in [-0.2, -0.15) is 4.98 Å². The highest BCUT2D eigenvalue weighted by atomic mass is 16.4. The van der Waals surface area contributed by atoms with E-state index in [0.29, 0.717) is 12.6 Å². The highest BCUT2D eigenvalue weighted by Crippen LogP contribution is 2.15. The van der Waals surface area contributed by atoms with Gasteiger partial charge in [-0.05, 0) is 13.8 Å². The van der Waals surface area contributed by atoms with Gasteiger partial charge in [0.2, 0.25) is 5.91 Å². The van der Waals surface area contributed by atoms with Crippen molar-refractivity contribution in [3.05, 3.63) is 24.1 Å². The Balaban J connectivity index is 2.91. The van der Waals surface area contributed by atoms with Crippen LogP contribution in [-0.2, 0) is 4.79 Å². The third kappa shape index (κ3) is 2.95. The van der Waals surface area contributed by atoms with Gasteiger partial charge in [0.15, 0.2) is 0 Å². The zero-order chi connectivity index (χ0) is 12.1. The van der Waals surface area contributed by atoms with Gasteiger partial charge in [-0.1, -0.05) is 26.0 Å². The van der Waals surface area contributed by atoms with Crippen LogP contribution < -0.4 is 4.90 Å². The van der Waals surface area contributed by atoms with Crippen molar-refractivity contribution >= 4 is 11.9 Å². The van der Waals surface area contributed by atoms with E-state index in [2.05, 4.69) is 4.98 Å². The minimum absolute atomic E-state index is 0.0138. The van der Waals surface area contributed by atoms with Crippen LogP contribution in [0.1, 0.15) is 26.5 Å². The lowest BCUT2D eigenvalue weighted by Gasteiger charge is -2.18. The number of anilines is 1. The van der Waals surface area contributed by atoms with Gasteiger partial charge in [0.25, 0.3) is 0 Å². The first kappa shape index (κ1) is 12.5. The van der Waals surface area contributed by atoms with Crippen LogP contribution in [0.4, 0.5) is 6.01 Å². The number of hydrogen-bond donors (Lipinski definition) is 0. The summed E-state index contributed by atoms with van der Waals surface area (Å²) in [6.07, 6.45) is 5.35. The molecule has 0 saturated heterocycles. The van der Waals surface area contributed by atoms with Crippen LogP contribution >= 0.6 is 0 Å². The van der Waals surface area contributed by atoms with E-state index >= 15 is 0 Å². The Labute approximate surface area is 96.0 Å². The van der Waals surface area contributed by atoms with Crippen molar-refractivity contribution < 1.29 is 9.21 Å². The van der Waals surface area contributed by atoms with Gasteiger partial charge in [-0.15, -0.1) is 0 Å². The van der Waals surface area contributed by atoms with Gasteiger partial charge in [0, 0.05) is 12.5 Å². The summed E-state index contributed by atoms with van der Waals surface area (Å²) in [4.78, 5) is 17.7. The molecular formula is C12H18N2O2. The molecule has 0 radical (unpaired) electrons. The van der Waals surface area contributed by atoms with E-state index in [1.54, 1.807) is 11.2 Å². The molecule has 0 aliphatic rings. The molecule has 0 saturated carbocycles. The molecule has 4 nitrogen and oxygen atoms in total. The van der Waals surface area contributed by atoms with Gasteiger partial charge >= 0.3 is 6.01 Å². The molecule has 1 heterocycles. The summed E-state index contributed by atoms with van der Waals surface area (Å²) in [6.45, 7) is 7.97. The summed E-state index contributed by atoms with van der Waals surface area (Å²) < 4.78 is 5.25. The van der Waals surface area contributed by atoms with Gasteiger partial charge in [0.1, 0.15) is 6.26 Å². The molecule has 0 spiro atoms. The van der Waals surface area contributed by atoms with Crippen molar-refractivity contribution in [2.75, 3.05) is 11.4 Å². The molecule has 1 rings (SSSR count). The Hall–Kier alpha value is -1.58. The van der Waals surface area contributed by atoms with Crippen molar-refractivity contribution in [2.45, 2.75) is 27.7 Å². The maximum Gasteiger partial charge on any atom is 0.304 e. The predicted molar refractivity (Wildman–Crippen MR) is 63.2 cm³/mol. The largest absolute Gasteiger partial charge is 0.431 e. The van der Waals surface area contributed by atoms with E-state index in [0.717, 1.165) is 5.69 Å². The SMILES string of the molecule is CC=CCN(C(=O)C(C)C)c1nc(C)co1. The molecular weight excluding hydrogens is 204 g/mol. The van der Waals surface area contributed by atoms with E-state index in [1.807, 2.05) is 39.8 Å². The Morgan fingerprint density at radius 1 is 1.62 bits per heavy atom. The molecule has 0 aliphatic heterocycles. The highest BCUT2D eigenvalue weighted by Gasteiger charge is 2.21. The van der Waals surface area contributed by atoms with Gasteiger partial charge in [-0.25, -0.2) is 0 Å². The van der Waals surface area contributed by atoms with Crippen molar-refractivity contribution in [3.8, 4) is 0 Å². The smallest absolute Gasteiger partial charge is 0.304 e. The van der Waals surface area contributed by atoms with Crippen molar-refractivity contribution in [1.82, 2.24) is 4.98 Å². The topological polar surface area (TPSA) is 46.3 Å². The third-order valence-electron chi connectivity index (χ3n) is 2.12. The van der Waals surface area contributed by atoms with Crippen LogP contribution in [0.3, 0.4) is 0 Å². The van der Waals surface area contributed by atoms with Gasteiger partial charge in [-0.3, -0.25) is 9.69 Å². The normalized spacial score (nSPS) is 11.3. The zero-order valence-electron chi connectivity index (χ0n) is 10.2. The molecule has 0 aliphatic carbocycles. The first-order valence-electron chi connectivity index (χ1n) is 5.41. The van der Waals surface area contributed by atoms with E-state index in [-0.39, 0.29) is 11.8 Å². The predicted octanol–water partition coefficient (Wildman–Crippen LogP) is 2.55. The van der Waals surface area contributed by atoms with Crippen LogP contribution in [0.5, 0.6) is 0 Å². The van der Waals surface area contributed by atoms with E-state index < -0.39 is 0 Å². The monoisotopic (exact) mass is 222 g/mol. The number of oxazole rings is 1. The molecule has 1 amide bonds. The molecule has 88 valence electrons. The fraction of sp³-hybridized carbons (Fsp3) is 0.500. The molecule has 0 unspecified atom stereocenters. The second kappa shape index (κ2) is 5.49. The minimum atomic E-state index is -0.0718. The third-order valence-corrected chi connectivity index (χ3v) is 2.12. The molecule has 4 heteroatoms. The standard InChI is InChI=1S/C12H18N2O2/c1-5-6-7-14(11(15)9(2)3)12-13-10(4)8-16-12/h5-6,8-9H,7H2,1-4H3. The van der Waals surface area contributed by atoms with Crippen LogP contribution in [-0.4, -0.2) is 17.4 Å². The second-order valence-corrected chi connectivity index (χ2v) is 3.94. The van der Waals surface area contributed by atoms with Crippen molar-refractivity contribution in [3.63, 3.8) is 0 Å². The van der Waals surface area contributed by atoms with Crippen LogP contribution in [0.25, 0.3) is 0 Å². The quantitative estimate of drug-likeness (QED) is 0.735. The number of aromatic nitrogens is 1. The number of aryl methyl sites for hydroxylation is 1. The summed E-state index contributed by atoms with van der Waals surface area (Å²) in [7, 11) is 0. The Bertz CT molecular complexity index is 380. The number of amides is 1. The van der Waals surface area contributed by atoms with E-state index in [1.165, 1.54) is 0 Å². The summed E-state index contributed by atoms with van der Waals surface area (Å²) >= 11 is 0. The number of carbonyl (C=O) groups is 1. The van der Waals surface area contributed by atoms with Gasteiger partial charge in [0.05, 0.1) is 5.69 Å². The summed E-state index contributed by atoms with van der Waals surface area (Å²) in [5.41, 5.74) is 0.775. The first-order chi connectivity index (χ1) is 7.56.